The van der Waals surface area contributed by atoms with E-state index in [9.17, 15) is 9.59 Å². The van der Waals surface area contributed by atoms with Gasteiger partial charge in [0.25, 0.3) is 5.91 Å². The molecule has 2 aromatic heterocycles. The lowest BCUT2D eigenvalue weighted by Gasteiger charge is -2.50. The van der Waals surface area contributed by atoms with Crippen molar-refractivity contribution in [3.05, 3.63) is 136 Å². The number of carbonyl (C=O) groups is 2. The Morgan fingerprint density at radius 3 is 2.29 bits per heavy atom. The molecular weight excluding hydrogens is 528 g/mol. The summed E-state index contributed by atoms with van der Waals surface area (Å²) in [5, 5.41) is 8.58. The van der Waals surface area contributed by atoms with Crippen LogP contribution in [-0.2, 0) is 11.3 Å². The zero-order valence-electron chi connectivity index (χ0n) is 22.5. The van der Waals surface area contributed by atoms with Crippen molar-refractivity contribution >= 4 is 28.3 Å². The van der Waals surface area contributed by atoms with Crippen molar-refractivity contribution in [1.29, 1.82) is 0 Å². The largest absolute Gasteiger partial charge is 0.348 e. The highest BCUT2D eigenvalue weighted by Gasteiger charge is 2.54. The molecule has 0 saturated heterocycles. The molecule has 7 heteroatoms. The number of nitrogens with one attached hydrogen (secondary N) is 2. The van der Waals surface area contributed by atoms with Crippen LogP contribution in [-0.4, -0.2) is 21.8 Å². The van der Waals surface area contributed by atoms with Crippen LogP contribution in [0.5, 0.6) is 0 Å². The van der Waals surface area contributed by atoms with E-state index in [4.69, 9.17) is 4.98 Å². The van der Waals surface area contributed by atoms with Crippen LogP contribution in [0.2, 0.25) is 0 Å². The van der Waals surface area contributed by atoms with Crippen molar-refractivity contribution < 1.29 is 9.59 Å². The van der Waals surface area contributed by atoms with E-state index in [2.05, 4.69) is 71.1 Å². The van der Waals surface area contributed by atoms with Gasteiger partial charge >= 0.3 is 0 Å². The van der Waals surface area contributed by atoms with Crippen LogP contribution in [0.25, 0.3) is 11.3 Å². The fourth-order valence-electron chi connectivity index (χ4n) is 6.50. The second-order valence-corrected chi connectivity index (χ2v) is 11.8. The summed E-state index contributed by atoms with van der Waals surface area (Å²) in [6.07, 6.45) is 4.17. The molecule has 2 heterocycles. The van der Waals surface area contributed by atoms with Gasteiger partial charge in [0, 0.05) is 47.3 Å². The smallest absolute Gasteiger partial charge is 0.251 e. The zero-order valence-corrected chi connectivity index (χ0v) is 23.3. The van der Waals surface area contributed by atoms with Crippen LogP contribution in [0.4, 0.5) is 5.13 Å². The SMILES string of the molecule is CC1(C(=O)Nc2nc(-c3cccc(C(=O)NCc4ccncc4)c3)cs2)CC2c3ccccc3C1c1ccccc12. The number of pyridine rings is 1. The van der Waals surface area contributed by atoms with Crippen molar-refractivity contribution in [1.82, 2.24) is 15.3 Å². The van der Waals surface area contributed by atoms with Gasteiger partial charge in [-0.1, -0.05) is 60.7 Å². The summed E-state index contributed by atoms with van der Waals surface area (Å²) in [7, 11) is 0. The van der Waals surface area contributed by atoms with Gasteiger partial charge in [0.1, 0.15) is 0 Å². The van der Waals surface area contributed by atoms with E-state index in [-0.39, 0.29) is 23.7 Å². The van der Waals surface area contributed by atoms with Crippen LogP contribution >= 0.6 is 11.3 Å². The second-order valence-electron chi connectivity index (χ2n) is 11.0. The van der Waals surface area contributed by atoms with E-state index in [1.54, 1.807) is 18.5 Å². The Hall–Kier alpha value is -4.62. The summed E-state index contributed by atoms with van der Waals surface area (Å²) in [6.45, 7) is 2.52. The highest BCUT2D eigenvalue weighted by atomic mass is 32.1. The van der Waals surface area contributed by atoms with Gasteiger partial charge in [0.05, 0.1) is 11.1 Å². The predicted octanol–water partition coefficient (Wildman–Crippen LogP) is 6.76. The third kappa shape index (κ3) is 4.43. The Morgan fingerprint density at radius 2 is 1.59 bits per heavy atom. The maximum absolute atomic E-state index is 14.0. The number of hydrogen-bond donors (Lipinski definition) is 2. The molecule has 0 radical (unpaired) electrons. The molecule has 0 fully saturated rings. The minimum atomic E-state index is -0.605. The molecule has 5 aromatic rings. The topological polar surface area (TPSA) is 84.0 Å². The number of rotatable bonds is 6. The Balaban J connectivity index is 1.10. The van der Waals surface area contributed by atoms with Gasteiger partial charge in [-0.3, -0.25) is 14.6 Å². The molecular formula is C34H28N4O2S. The van der Waals surface area contributed by atoms with Gasteiger partial charge in [-0.25, -0.2) is 4.98 Å². The van der Waals surface area contributed by atoms with Gasteiger partial charge < -0.3 is 10.6 Å². The first-order valence-corrected chi connectivity index (χ1v) is 14.6. The summed E-state index contributed by atoms with van der Waals surface area (Å²) in [5.41, 5.74) is 7.65. The van der Waals surface area contributed by atoms with Crippen LogP contribution in [0.1, 0.15) is 63.4 Å². The third-order valence-electron chi connectivity index (χ3n) is 8.50. The number of thiazole rings is 1. The monoisotopic (exact) mass is 556 g/mol. The first kappa shape index (κ1) is 25.4. The Bertz CT molecular complexity index is 1740. The molecule has 41 heavy (non-hydrogen) atoms. The van der Waals surface area contributed by atoms with E-state index < -0.39 is 5.41 Å². The van der Waals surface area contributed by atoms with E-state index in [0.29, 0.717) is 17.2 Å². The maximum Gasteiger partial charge on any atom is 0.251 e. The van der Waals surface area contributed by atoms with Gasteiger partial charge in [-0.05, 0) is 65.4 Å². The van der Waals surface area contributed by atoms with Gasteiger partial charge in [-0.2, -0.15) is 0 Å². The molecule has 3 aliphatic rings. The molecule has 2 amide bonds. The van der Waals surface area contributed by atoms with Gasteiger partial charge in [-0.15, -0.1) is 11.3 Å². The molecule has 6 nitrogen and oxygen atoms in total. The first-order valence-electron chi connectivity index (χ1n) is 13.7. The molecule has 2 N–H and O–H groups in total. The highest BCUT2D eigenvalue weighted by molar-refractivity contribution is 7.14. The van der Waals surface area contributed by atoms with E-state index >= 15 is 0 Å². The molecule has 8 rings (SSSR count). The van der Waals surface area contributed by atoms with Crippen molar-refractivity contribution in [2.75, 3.05) is 5.32 Å². The minimum absolute atomic E-state index is 0.0123. The van der Waals surface area contributed by atoms with Gasteiger partial charge in [0.15, 0.2) is 5.13 Å². The number of anilines is 1. The first-order chi connectivity index (χ1) is 20.0. The normalized spacial score (nSPS) is 20.1. The standard InChI is InChI=1S/C34H28N4O2S/c1-34(18-28-24-9-2-4-11-26(24)30(34)27-12-5-3-10-25(27)28)32(40)38-33-37-29(20-41-33)22-7-6-8-23(17-22)31(39)36-19-21-13-15-35-16-14-21/h2-17,20,28,30H,18-19H2,1H3,(H,36,39)(H,37,38,40). The van der Waals surface area contributed by atoms with E-state index in [1.807, 2.05) is 35.7 Å². The van der Waals surface area contributed by atoms with Crippen LogP contribution in [0.3, 0.4) is 0 Å². The van der Waals surface area contributed by atoms with Crippen molar-refractivity contribution in [3.8, 4) is 11.3 Å². The lowest BCUT2D eigenvalue weighted by molar-refractivity contribution is -0.126. The number of aromatic nitrogens is 2. The number of carbonyl (C=O) groups excluding carboxylic acids is 2. The Labute approximate surface area is 242 Å². The van der Waals surface area contributed by atoms with E-state index in [1.165, 1.54) is 33.6 Å². The summed E-state index contributed by atoms with van der Waals surface area (Å²) in [6, 6.07) is 28.2. The highest BCUT2D eigenvalue weighted by Crippen LogP contribution is 2.61. The fraction of sp³-hybridized carbons (Fsp3) is 0.176. The molecule has 2 bridgehead atoms. The maximum atomic E-state index is 14.0. The number of fused-ring (bicyclic) bond motifs is 1. The van der Waals surface area contributed by atoms with E-state index in [0.717, 1.165) is 23.2 Å². The number of benzene rings is 3. The molecule has 0 spiro atoms. The van der Waals surface area contributed by atoms with Crippen LogP contribution < -0.4 is 10.6 Å². The summed E-state index contributed by atoms with van der Waals surface area (Å²) in [5.74, 6) is 0.0130. The quantitative estimate of drug-likeness (QED) is 0.242. The van der Waals surface area contributed by atoms with Crippen molar-refractivity contribution in [2.24, 2.45) is 5.41 Å². The number of amides is 2. The average Bonchev–Trinajstić information content (AvgIpc) is 3.49. The number of hydrogen-bond acceptors (Lipinski definition) is 5. The lowest BCUT2D eigenvalue weighted by Crippen LogP contribution is -2.47. The summed E-state index contributed by atoms with van der Waals surface area (Å²) >= 11 is 1.40. The summed E-state index contributed by atoms with van der Waals surface area (Å²) < 4.78 is 0. The lowest BCUT2D eigenvalue weighted by atomic mass is 9.52. The second kappa shape index (κ2) is 10.1. The molecule has 1 unspecified atom stereocenters. The molecule has 3 aromatic carbocycles. The van der Waals surface area contributed by atoms with Crippen molar-refractivity contribution in [3.63, 3.8) is 0 Å². The zero-order chi connectivity index (χ0) is 28.0. The van der Waals surface area contributed by atoms with Crippen molar-refractivity contribution in [2.45, 2.75) is 31.7 Å². The molecule has 202 valence electrons. The molecule has 1 atom stereocenters. The predicted molar refractivity (Wildman–Crippen MR) is 161 cm³/mol. The fourth-order valence-corrected chi connectivity index (χ4v) is 7.21. The van der Waals surface area contributed by atoms with Gasteiger partial charge in [0.2, 0.25) is 5.91 Å². The minimum Gasteiger partial charge on any atom is -0.348 e. The molecule has 0 aliphatic heterocycles. The third-order valence-corrected chi connectivity index (χ3v) is 9.25. The van der Waals surface area contributed by atoms with Crippen LogP contribution in [0.15, 0.2) is 103 Å². The number of nitrogens with zero attached hydrogens (tertiary/aromatic N) is 2. The molecule has 3 aliphatic carbocycles. The summed E-state index contributed by atoms with van der Waals surface area (Å²) in [4.78, 5) is 35.5. The molecule has 0 saturated carbocycles. The Morgan fingerprint density at radius 1 is 0.902 bits per heavy atom. The Kier molecular flexibility index (Phi) is 6.24. The van der Waals surface area contributed by atoms with Crippen LogP contribution in [0, 0.1) is 5.41 Å². The average molecular weight is 557 g/mol.